The summed E-state index contributed by atoms with van der Waals surface area (Å²) in [6, 6.07) is -0.0800. The van der Waals surface area contributed by atoms with E-state index in [0.29, 0.717) is 11.1 Å². The maximum absolute atomic E-state index is 12.4. The standard InChI is InChI=1S/C14H23NO2/c1-8(2)10-11(14(5,6)7)13(17)15(9(3)4)12(10)16/h8-9H,1-7H3. The van der Waals surface area contributed by atoms with Crippen molar-refractivity contribution in [2.75, 3.05) is 0 Å². The van der Waals surface area contributed by atoms with Crippen molar-refractivity contribution in [3.05, 3.63) is 11.1 Å². The molecule has 0 unspecified atom stereocenters. The second kappa shape index (κ2) is 4.28. The molecule has 3 nitrogen and oxygen atoms in total. The summed E-state index contributed by atoms with van der Waals surface area (Å²) in [5, 5.41) is 0. The van der Waals surface area contributed by atoms with Crippen LogP contribution in [0.2, 0.25) is 0 Å². The number of nitrogens with zero attached hydrogens (tertiary/aromatic N) is 1. The highest BCUT2D eigenvalue weighted by molar-refractivity contribution is 6.20. The molecule has 1 rings (SSSR count). The topological polar surface area (TPSA) is 37.4 Å². The molecule has 0 spiro atoms. The predicted octanol–water partition coefficient (Wildman–Crippen LogP) is 2.76. The van der Waals surface area contributed by atoms with Gasteiger partial charge >= 0.3 is 0 Å². The Kier molecular flexibility index (Phi) is 3.51. The van der Waals surface area contributed by atoms with Crippen LogP contribution >= 0.6 is 0 Å². The smallest absolute Gasteiger partial charge is 0.257 e. The number of carbonyl (C=O) groups excluding carboxylic acids is 2. The number of hydrogen-bond acceptors (Lipinski definition) is 2. The van der Waals surface area contributed by atoms with Gasteiger partial charge in [-0.15, -0.1) is 0 Å². The molecule has 96 valence electrons. The largest absolute Gasteiger partial charge is 0.272 e. The molecular weight excluding hydrogens is 214 g/mol. The Morgan fingerprint density at radius 2 is 1.41 bits per heavy atom. The number of hydrogen-bond donors (Lipinski definition) is 0. The normalized spacial score (nSPS) is 18.1. The third-order valence-corrected chi connectivity index (χ3v) is 2.99. The van der Waals surface area contributed by atoms with E-state index in [0.717, 1.165) is 0 Å². The minimum Gasteiger partial charge on any atom is -0.272 e. The predicted molar refractivity (Wildman–Crippen MR) is 68.3 cm³/mol. The van der Waals surface area contributed by atoms with Crippen molar-refractivity contribution in [2.24, 2.45) is 11.3 Å². The van der Waals surface area contributed by atoms with Crippen molar-refractivity contribution in [3.63, 3.8) is 0 Å². The molecule has 0 bridgehead atoms. The summed E-state index contributed by atoms with van der Waals surface area (Å²) in [7, 11) is 0. The maximum Gasteiger partial charge on any atom is 0.257 e. The average Bonchev–Trinajstić information content (AvgIpc) is 2.36. The summed E-state index contributed by atoms with van der Waals surface area (Å²) in [4.78, 5) is 26.1. The lowest BCUT2D eigenvalue weighted by Gasteiger charge is -2.23. The fourth-order valence-corrected chi connectivity index (χ4v) is 2.29. The van der Waals surface area contributed by atoms with E-state index in [4.69, 9.17) is 0 Å². The molecule has 3 heteroatoms. The van der Waals surface area contributed by atoms with Crippen molar-refractivity contribution in [1.29, 1.82) is 0 Å². The fourth-order valence-electron chi connectivity index (χ4n) is 2.29. The van der Waals surface area contributed by atoms with Crippen LogP contribution in [0.5, 0.6) is 0 Å². The van der Waals surface area contributed by atoms with E-state index in [9.17, 15) is 9.59 Å². The van der Waals surface area contributed by atoms with E-state index < -0.39 is 0 Å². The van der Waals surface area contributed by atoms with Crippen LogP contribution in [-0.2, 0) is 9.59 Å². The van der Waals surface area contributed by atoms with E-state index in [1.807, 2.05) is 48.5 Å². The summed E-state index contributed by atoms with van der Waals surface area (Å²) in [5.74, 6) is -0.129. The number of rotatable bonds is 2. The molecule has 0 aromatic rings. The van der Waals surface area contributed by atoms with Gasteiger partial charge in [0, 0.05) is 17.2 Å². The first-order valence-corrected chi connectivity index (χ1v) is 6.21. The Labute approximate surface area is 104 Å². The highest BCUT2D eigenvalue weighted by Crippen LogP contribution is 2.38. The van der Waals surface area contributed by atoms with Crippen LogP contribution in [0, 0.1) is 11.3 Å². The van der Waals surface area contributed by atoms with Crippen LogP contribution in [0.4, 0.5) is 0 Å². The lowest BCUT2D eigenvalue weighted by Crippen LogP contribution is -2.38. The van der Waals surface area contributed by atoms with E-state index in [1.165, 1.54) is 4.90 Å². The van der Waals surface area contributed by atoms with Gasteiger partial charge in [-0.1, -0.05) is 34.6 Å². The van der Waals surface area contributed by atoms with Crippen LogP contribution in [-0.4, -0.2) is 22.8 Å². The van der Waals surface area contributed by atoms with Gasteiger partial charge in [0.25, 0.3) is 11.8 Å². The molecule has 0 N–H and O–H groups in total. The lowest BCUT2D eigenvalue weighted by molar-refractivity contribution is -0.139. The molecule has 0 atom stereocenters. The van der Waals surface area contributed by atoms with E-state index in [1.54, 1.807) is 0 Å². The van der Waals surface area contributed by atoms with Crippen LogP contribution < -0.4 is 0 Å². The molecule has 0 aromatic heterocycles. The summed E-state index contributed by atoms with van der Waals surface area (Å²) >= 11 is 0. The third-order valence-electron chi connectivity index (χ3n) is 2.99. The fraction of sp³-hybridized carbons (Fsp3) is 0.714. The van der Waals surface area contributed by atoms with Crippen LogP contribution in [0.3, 0.4) is 0 Å². The second-order valence-electron chi connectivity index (χ2n) is 6.27. The van der Waals surface area contributed by atoms with Gasteiger partial charge in [0.15, 0.2) is 0 Å². The second-order valence-corrected chi connectivity index (χ2v) is 6.27. The summed E-state index contributed by atoms with van der Waals surface area (Å²) in [6.45, 7) is 13.6. The zero-order valence-corrected chi connectivity index (χ0v) is 11.9. The molecule has 0 fully saturated rings. The molecule has 0 saturated heterocycles. The highest BCUT2D eigenvalue weighted by atomic mass is 16.2. The summed E-state index contributed by atoms with van der Waals surface area (Å²) < 4.78 is 0. The van der Waals surface area contributed by atoms with Gasteiger partial charge in [-0.2, -0.15) is 0 Å². The first-order chi connectivity index (χ1) is 7.59. The van der Waals surface area contributed by atoms with Gasteiger partial charge in [-0.05, 0) is 25.2 Å². The Hall–Kier alpha value is -1.12. The molecule has 0 aromatic carbocycles. The van der Waals surface area contributed by atoms with Crippen molar-refractivity contribution in [2.45, 2.75) is 54.5 Å². The molecular formula is C14H23NO2. The Morgan fingerprint density at radius 3 is 1.65 bits per heavy atom. The Morgan fingerprint density at radius 1 is 0.941 bits per heavy atom. The first-order valence-electron chi connectivity index (χ1n) is 6.21. The van der Waals surface area contributed by atoms with Crippen LogP contribution in [0.25, 0.3) is 0 Å². The quantitative estimate of drug-likeness (QED) is 0.692. The summed E-state index contributed by atoms with van der Waals surface area (Å²) in [6.07, 6.45) is 0. The minimum absolute atomic E-state index is 0.0800. The Bertz CT molecular complexity index is 384. The van der Waals surface area contributed by atoms with Crippen molar-refractivity contribution < 1.29 is 9.59 Å². The summed E-state index contributed by atoms with van der Waals surface area (Å²) in [5.41, 5.74) is 1.10. The molecule has 1 aliphatic rings. The number of amides is 2. The van der Waals surface area contributed by atoms with E-state index in [-0.39, 0.29) is 29.2 Å². The number of carbonyl (C=O) groups is 2. The van der Waals surface area contributed by atoms with Gasteiger partial charge < -0.3 is 0 Å². The molecule has 17 heavy (non-hydrogen) atoms. The van der Waals surface area contributed by atoms with Crippen LogP contribution in [0.1, 0.15) is 48.5 Å². The minimum atomic E-state index is -0.282. The molecule has 1 aliphatic heterocycles. The van der Waals surface area contributed by atoms with Crippen molar-refractivity contribution in [1.82, 2.24) is 4.90 Å². The van der Waals surface area contributed by atoms with Crippen molar-refractivity contribution >= 4 is 11.8 Å². The SMILES string of the molecule is CC(C)C1=C(C(C)(C)C)C(=O)N(C(C)C)C1=O. The zero-order valence-electron chi connectivity index (χ0n) is 11.9. The molecule has 0 radical (unpaired) electrons. The van der Waals surface area contributed by atoms with E-state index in [2.05, 4.69) is 0 Å². The lowest BCUT2D eigenvalue weighted by atomic mass is 9.81. The van der Waals surface area contributed by atoms with Gasteiger partial charge in [0.05, 0.1) is 0 Å². The van der Waals surface area contributed by atoms with Gasteiger partial charge in [-0.3, -0.25) is 14.5 Å². The number of imide groups is 1. The molecule has 0 saturated carbocycles. The van der Waals surface area contributed by atoms with Gasteiger partial charge in [0.1, 0.15) is 0 Å². The third kappa shape index (κ3) is 2.28. The Balaban J connectivity index is 3.38. The molecule has 0 aliphatic carbocycles. The van der Waals surface area contributed by atoms with Gasteiger partial charge in [0.2, 0.25) is 0 Å². The highest BCUT2D eigenvalue weighted by Gasteiger charge is 2.44. The van der Waals surface area contributed by atoms with Crippen LogP contribution in [0.15, 0.2) is 11.1 Å². The van der Waals surface area contributed by atoms with Gasteiger partial charge in [-0.25, -0.2) is 0 Å². The molecule has 2 amide bonds. The zero-order chi connectivity index (χ0) is 13.5. The monoisotopic (exact) mass is 237 g/mol. The first kappa shape index (κ1) is 13.9. The van der Waals surface area contributed by atoms with Crippen molar-refractivity contribution in [3.8, 4) is 0 Å². The maximum atomic E-state index is 12.4. The van der Waals surface area contributed by atoms with E-state index >= 15 is 0 Å². The molecule has 1 heterocycles. The average molecular weight is 237 g/mol.